The number of hydrogen-bond donors (Lipinski definition) is 1. The van der Waals surface area contributed by atoms with E-state index in [9.17, 15) is 0 Å². The molecule has 1 aromatic carbocycles. The van der Waals surface area contributed by atoms with Crippen molar-refractivity contribution in [3.63, 3.8) is 0 Å². The molecule has 1 aliphatic rings. The highest BCUT2D eigenvalue weighted by Gasteiger charge is 2.23. The van der Waals surface area contributed by atoms with Crippen LogP contribution in [-0.2, 0) is 0 Å². The van der Waals surface area contributed by atoms with Crippen LogP contribution < -0.4 is 5.32 Å². The second-order valence-corrected chi connectivity index (χ2v) is 5.16. The van der Waals surface area contributed by atoms with Gasteiger partial charge in [-0.3, -0.25) is 14.5 Å². The Morgan fingerprint density at radius 2 is 1.64 bits per heavy atom. The lowest BCUT2D eigenvalue weighted by Gasteiger charge is -2.08. The van der Waals surface area contributed by atoms with Gasteiger partial charge in [0, 0.05) is 12.4 Å². The molecule has 0 spiro atoms. The van der Waals surface area contributed by atoms with E-state index in [0.29, 0.717) is 0 Å². The van der Waals surface area contributed by atoms with Gasteiger partial charge in [-0.05, 0) is 36.4 Å². The highest BCUT2D eigenvalue weighted by molar-refractivity contribution is 5.89. The van der Waals surface area contributed by atoms with Crippen molar-refractivity contribution in [2.75, 3.05) is 5.32 Å². The minimum absolute atomic E-state index is 0.780. The van der Waals surface area contributed by atoms with Gasteiger partial charge in [-0.1, -0.05) is 12.1 Å². The molecule has 4 aromatic rings. The lowest BCUT2D eigenvalue weighted by molar-refractivity contribution is 1.09. The maximum absolute atomic E-state index is 4.71. The standard InChI is InChI=1S/C17H11N5/c1-2-7-13-11(5-1)20-17-21-12-6-3-9-18-15(12)16-14(22(13)17)8-4-10-19-16/h1-10H,(H,20,21). The van der Waals surface area contributed by atoms with Crippen molar-refractivity contribution in [1.29, 1.82) is 0 Å². The van der Waals surface area contributed by atoms with Crippen LogP contribution in [0.4, 0.5) is 11.6 Å². The number of hydrogen-bond acceptors (Lipinski definition) is 4. The van der Waals surface area contributed by atoms with Crippen molar-refractivity contribution in [2.24, 2.45) is 0 Å². The van der Waals surface area contributed by atoms with Gasteiger partial charge in [-0.2, -0.15) is 0 Å². The van der Waals surface area contributed by atoms with Crippen LogP contribution in [0.5, 0.6) is 0 Å². The number of anilines is 2. The number of nitrogens with one attached hydrogen (secondary N) is 1. The summed E-state index contributed by atoms with van der Waals surface area (Å²) in [4.78, 5) is 13.8. The third-order valence-electron chi connectivity index (χ3n) is 3.87. The Kier molecular flexibility index (Phi) is 2.16. The first-order valence-electron chi connectivity index (χ1n) is 7.07. The second-order valence-electron chi connectivity index (χ2n) is 5.16. The monoisotopic (exact) mass is 285 g/mol. The number of imidazole rings is 1. The molecule has 5 nitrogen and oxygen atoms in total. The number of pyridine rings is 2. The molecule has 1 aliphatic heterocycles. The summed E-state index contributed by atoms with van der Waals surface area (Å²) in [6, 6.07) is 16.0. The molecule has 0 unspecified atom stereocenters. The average molecular weight is 285 g/mol. The summed E-state index contributed by atoms with van der Waals surface area (Å²) in [5.74, 6) is 0.780. The molecule has 22 heavy (non-hydrogen) atoms. The maximum Gasteiger partial charge on any atom is 0.213 e. The van der Waals surface area contributed by atoms with Crippen LogP contribution in [0.25, 0.3) is 28.1 Å². The topological polar surface area (TPSA) is 55.6 Å². The third-order valence-corrected chi connectivity index (χ3v) is 3.87. The molecule has 0 saturated carbocycles. The highest BCUT2D eigenvalue weighted by atomic mass is 15.2. The van der Waals surface area contributed by atoms with Crippen LogP contribution in [-0.4, -0.2) is 19.5 Å². The molecule has 0 fully saturated rings. The molecule has 0 atom stereocenters. The molecule has 0 saturated heterocycles. The van der Waals surface area contributed by atoms with Crippen molar-refractivity contribution < 1.29 is 0 Å². The number of fused-ring (bicyclic) bond motifs is 7. The van der Waals surface area contributed by atoms with Crippen molar-refractivity contribution in [3.8, 4) is 17.1 Å². The number of benzene rings is 1. The van der Waals surface area contributed by atoms with Gasteiger partial charge in [0.15, 0.2) is 0 Å². The van der Waals surface area contributed by atoms with Crippen LogP contribution in [0.15, 0.2) is 60.9 Å². The SMILES string of the molecule is c1cnc2c(c1)Nc1nc3ccccc3n1-c1cccnc1-2. The normalized spacial score (nSPS) is 12.0. The summed E-state index contributed by atoms with van der Waals surface area (Å²) < 4.78 is 2.10. The summed E-state index contributed by atoms with van der Waals surface area (Å²) in [7, 11) is 0. The van der Waals surface area contributed by atoms with Gasteiger partial charge in [0.25, 0.3) is 0 Å². The second kappa shape index (κ2) is 4.14. The van der Waals surface area contributed by atoms with Gasteiger partial charge in [0.05, 0.1) is 22.4 Å². The number of aromatic nitrogens is 4. The van der Waals surface area contributed by atoms with Gasteiger partial charge in [-0.25, -0.2) is 4.98 Å². The summed E-state index contributed by atoms with van der Waals surface area (Å²) in [6.07, 6.45) is 3.58. The molecule has 0 amide bonds. The fraction of sp³-hybridized carbons (Fsp3) is 0. The molecule has 4 heterocycles. The van der Waals surface area contributed by atoms with Crippen molar-refractivity contribution in [3.05, 3.63) is 60.9 Å². The molecular formula is C17H11N5. The van der Waals surface area contributed by atoms with E-state index in [2.05, 4.69) is 25.9 Å². The molecule has 0 radical (unpaired) electrons. The lowest BCUT2D eigenvalue weighted by Crippen LogP contribution is -1.99. The maximum atomic E-state index is 4.71. The minimum atomic E-state index is 0.780. The first-order valence-corrected chi connectivity index (χ1v) is 7.07. The van der Waals surface area contributed by atoms with Crippen LogP contribution in [0.3, 0.4) is 0 Å². The average Bonchev–Trinajstić information content (AvgIpc) is 2.86. The number of para-hydroxylation sites is 2. The van der Waals surface area contributed by atoms with E-state index in [1.165, 1.54) is 0 Å². The Morgan fingerprint density at radius 1 is 0.818 bits per heavy atom. The van der Waals surface area contributed by atoms with E-state index in [4.69, 9.17) is 4.98 Å². The van der Waals surface area contributed by atoms with Crippen molar-refractivity contribution >= 4 is 22.7 Å². The Bertz CT molecular complexity index is 1020. The predicted octanol–water partition coefficient (Wildman–Crippen LogP) is 3.54. The zero-order chi connectivity index (χ0) is 14.5. The Morgan fingerprint density at radius 3 is 2.59 bits per heavy atom. The zero-order valence-electron chi connectivity index (χ0n) is 11.6. The van der Waals surface area contributed by atoms with Gasteiger partial charge in [0.1, 0.15) is 11.4 Å². The van der Waals surface area contributed by atoms with Crippen molar-refractivity contribution in [1.82, 2.24) is 19.5 Å². The van der Waals surface area contributed by atoms with Crippen molar-refractivity contribution in [2.45, 2.75) is 0 Å². The Labute approximate surface area is 126 Å². The van der Waals surface area contributed by atoms with Crippen LogP contribution in [0, 0.1) is 0 Å². The van der Waals surface area contributed by atoms with E-state index in [0.717, 1.165) is 39.7 Å². The van der Waals surface area contributed by atoms with E-state index in [-0.39, 0.29) is 0 Å². The van der Waals surface area contributed by atoms with E-state index < -0.39 is 0 Å². The molecule has 5 rings (SSSR count). The minimum Gasteiger partial charge on any atom is -0.323 e. The number of rotatable bonds is 0. The Hall–Kier alpha value is -3.21. The third kappa shape index (κ3) is 1.45. The Balaban J connectivity index is 1.96. The fourth-order valence-electron chi connectivity index (χ4n) is 2.93. The quantitative estimate of drug-likeness (QED) is 0.473. The first kappa shape index (κ1) is 11.4. The highest BCUT2D eigenvalue weighted by Crippen LogP contribution is 2.37. The van der Waals surface area contributed by atoms with Crippen LogP contribution in [0.2, 0.25) is 0 Å². The molecule has 5 heteroatoms. The van der Waals surface area contributed by atoms with Gasteiger partial charge >= 0.3 is 0 Å². The molecule has 104 valence electrons. The summed E-state index contributed by atoms with van der Waals surface area (Å²) in [6.45, 7) is 0. The smallest absolute Gasteiger partial charge is 0.213 e. The van der Waals surface area contributed by atoms with Gasteiger partial charge in [0.2, 0.25) is 5.95 Å². The molecular weight excluding hydrogens is 274 g/mol. The molecule has 1 N–H and O–H groups in total. The molecule has 0 aliphatic carbocycles. The van der Waals surface area contributed by atoms with Gasteiger partial charge < -0.3 is 5.32 Å². The first-order chi connectivity index (χ1) is 10.9. The zero-order valence-corrected chi connectivity index (χ0v) is 11.6. The predicted molar refractivity (Wildman–Crippen MR) is 85.4 cm³/mol. The van der Waals surface area contributed by atoms with E-state index in [1.54, 1.807) is 12.4 Å². The molecule has 0 bridgehead atoms. The van der Waals surface area contributed by atoms with Crippen LogP contribution >= 0.6 is 0 Å². The van der Waals surface area contributed by atoms with Crippen LogP contribution in [0.1, 0.15) is 0 Å². The molecule has 3 aromatic heterocycles. The van der Waals surface area contributed by atoms with E-state index in [1.807, 2.05) is 42.5 Å². The summed E-state index contributed by atoms with van der Waals surface area (Å²) in [5, 5.41) is 3.39. The summed E-state index contributed by atoms with van der Waals surface area (Å²) >= 11 is 0. The lowest BCUT2D eigenvalue weighted by atomic mass is 10.2. The summed E-state index contributed by atoms with van der Waals surface area (Å²) in [5.41, 5.74) is 5.59. The largest absolute Gasteiger partial charge is 0.323 e. The number of nitrogens with zero attached hydrogens (tertiary/aromatic N) is 4. The fourth-order valence-corrected chi connectivity index (χ4v) is 2.93. The van der Waals surface area contributed by atoms with Gasteiger partial charge in [-0.15, -0.1) is 0 Å². The van der Waals surface area contributed by atoms with E-state index >= 15 is 0 Å².